The maximum atomic E-state index is 13.1. The van der Waals surface area contributed by atoms with Gasteiger partial charge in [-0.1, -0.05) is 23.7 Å². The fraction of sp³-hybridized carbons (Fsp3) is 0.111. The summed E-state index contributed by atoms with van der Waals surface area (Å²) in [6, 6.07) is 9.97. The molecule has 0 aliphatic carbocycles. The molecule has 27 heavy (non-hydrogen) atoms. The van der Waals surface area contributed by atoms with Gasteiger partial charge >= 0.3 is 0 Å². The predicted octanol–water partition coefficient (Wildman–Crippen LogP) is 4.19. The number of nitro benzene ring substituents is 1. The first-order chi connectivity index (χ1) is 12.8. The second-order valence-electron chi connectivity index (χ2n) is 5.80. The molecule has 0 atom stereocenters. The molecule has 1 amide bonds. The van der Waals surface area contributed by atoms with Crippen LogP contribution >= 0.6 is 11.6 Å². The molecule has 1 aromatic heterocycles. The van der Waals surface area contributed by atoms with E-state index in [2.05, 4.69) is 10.4 Å². The van der Waals surface area contributed by atoms with E-state index in [1.54, 1.807) is 18.3 Å². The molecule has 1 heterocycles. The summed E-state index contributed by atoms with van der Waals surface area (Å²) in [4.78, 5) is 22.9. The molecule has 0 unspecified atom stereocenters. The van der Waals surface area contributed by atoms with Crippen molar-refractivity contribution < 1.29 is 14.1 Å². The third-order valence-corrected chi connectivity index (χ3v) is 4.33. The second-order valence-corrected chi connectivity index (χ2v) is 6.20. The zero-order valence-corrected chi connectivity index (χ0v) is 14.9. The number of nitrogens with zero attached hydrogens (tertiary/aromatic N) is 3. The molecule has 3 rings (SSSR count). The van der Waals surface area contributed by atoms with Gasteiger partial charge in [0.2, 0.25) is 0 Å². The molecule has 0 fully saturated rings. The molecule has 1 N–H and O–H groups in total. The van der Waals surface area contributed by atoms with Crippen molar-refractivity contribution in [1.29, 1.82) is 0 Å². The number of carbonyl (C=O) groups excluding carboxylic acids is 1. The van der Waals surface area contributed by atoms with Crippen LogP contribution in [0.4, 0.5) is 15.9 Å². The molecule has 0 bridgehead atoms. The SMILES string of the molecule is Cc1c(C(=O)Nc2ccn(Cc3ccc(F)cc3Cl)n2)cccc1[N+](=O)[O-]. The van der Waals surface area contributed by atoms with Crippen molar-refractivity contribution in [3.05, 3.63) is 86.3 Å². The van der Waals surface area contributed by atoms with Gasteiger partial charge in [0.15, 0.2) is 5.82 Å². The largest absolute Gasteiger partial charge is 0.305 e. The molecule has 7 nitrogen and oxygen atoms in total. The quantitative estimate of drug-likeness (QED) is 0.524. The van der Waals surface area contributed by atoms with E-state index in [0.29, 0.717) is 12.1 Å². The Kier molecular flexibility index (Phi) is 5.18. The zero-order chi connectivity index (χ0) is 19.6. The van der Waals surface area contributed by atoms with Gasteiger partial charge in [-0.3, -0.25) is 19.6 Å². The highest BCUT2D eigenvalue weighted by Crippen LogP contribution is 2.22. The van der Waals surface area contributed by atoms with E-state index in [4.69, 9.17) is 11.6 Å². The van der Waals surface area contributed by atoms with E-state index in [0.717, 1.165) is 0 Å². The van der Waals surface area contributed by atoms with Crippen LogP contribution in [-0.2, 0) is 6.54 Å². The van der Waals surface area contributed by atoms with Gasteiger partial charge in [-0.2, -0.15) is 5.10 Å². The van der Waals surface area contributed by atoms with Crippen molar-refractivity contribution in [1.82, 2.24) is 9.78 Å². The highest BCUT2D eigenvalue weighted by atomic mass is 35.5. The summed E-state index contributed by atoms with van der Waals surface area (Å²) >= 11 is 6.00. The van der Waals surface area contributed by atoms with E-state index < -0.39 is 16.6 Å². The Hall–Kier alpha value is -3.26. The van der Waals surface area contributed by atoms with Crippen molar-refractivity contribution >= 4 is 29.0 Å². The molecular formula is C18H14ClFN4O3. The maximum Gasteiger partial charge on any atom is 0.273 e. The number of hydrogen-bond acceptors (Lipinski definition) is 4. The van der Waals surface area contributed by atoms with Crippen LogP contribution in [0.1, 0.15) is 21.5 Å². The summed E-state index contributed by atoms with van der Waals surface area (Å²) in [6.45, 7) is 1.81. The summed E-state index contributed by atoms with van der Waals surface area (Å²) in [7, 11) is 0. The van der Waals surface area contributed by atoms with Crippen molar-refractivity contribution in [2.45, 2.75) is 13.5 Å². The predicted molar refractivity (Wildman–Crippen MR) is 98.5 cm³/mol. The number of carbonyl (C=O) groups is 1. The van der Waals surface area contributed by atoms with Crippen molar-refractivity contribution in [2.24, 2.45) is 0 Å². The molecule has 2 aromatic carbocycles. The Morgan fingerprint density at radius 2 is 2.11 bits per heavy atom. The first kappa shape index (κ1) is 18.5. The first-order valence-corrected chi connectivity index (χ1v) is 8.25. The first-order valence-electron chi connectivity index (χ1n) is 7.88. The van der Waals surface area contributed by atoms with Crippen molar-refractivity contribution in [3.63, 3.8) is 0 Å². The summed E-state index contributed by atoms with van der Waals surface area (Å²) in [6.07, 6.45) is 1.63. The van der Waals surface area contributed by atoms with Gasteiger partial charge < -0.3 is 5.32 Å². The monoisotopic (exact) mass is 388 g/mol. The van der Waals surface area contributed by atoms with E-state index in [1.165, 1.54) is 41.9 Å². The van der Waals surface area contributed by atoms with Crippen LogP contribution in [0.25, 0.3) is 0 Å². The van der Waals surface area contributed by atoms with Crippen molar-refractivity contribution in [3.8, 4) is 0 Å². The average Bonchev–Trinajstić information content (AvgIpc) is 3.04. The zero-order valence-electron chi connectivity index (χ0n) is 14.1. The number of nitrogens with one attached hydrogen (secondary N) is 1. The maximum absolute atomic E-state index is 13.1. The van der Waals surface area contributed by atoms with Crippen LogP contribution in [-0.4, -0.2) is 20.6 Å². The molecule has 3 aromatic rings. The van der Waals surface area contributed by atoms with Gasteiger partial charge in [-0.15, -0.1) is 0 Å². The Balaban J connectivity index is 1.75. The minimum Gasteiger partial charge on any atom is -0.305 e. The average molecular weight is 389 g/mol. The van der Waals surface area contributed by atoms with Crippen molar-refractivity contribution in [2.75, 3.05) is 5.32 Å². The van der Waals surface area contributed by atoms with E-state index >= 15 is 0 Å². The molecule has 0 aliphatic heterocycles. The lowest BCUT2D eigenvalue weighted by Crippen LogP contribution is -2.15. The summed E-state index contributed by atoms with van der Waals surface area (Å²) in [5.41, 5.74) is 1.02. The van der Waals surface area contributed by atoms with Gasteiger partial charge in [0.05, 0.1) is 11.5 Å². The van der Waals surface area contributed by atoms with Gasteiger partial charge in [-0.25, -0.2) is 4.39 Å². The highest BCUT2D eigenvalue weighted by molar-refractivity contribution is 6.31. The van der Waals surface area contributed by atoms with Gasteiger partial charge in [-0.05, 0) is 30.7 Å². The number of aromatic nitrogens is 2. The number of nitro groups is 1. The number of benzene rings is 2. The van der Waals surface area contributed by atoms with Crippen LogP contribution in [0.15, 0.2) is 48.7 Å². The second kappa shape index (κ2) is 7.55. The molecule has 0 spiro atoms. The molecule has 9 heteroatoms. The lowest BCUT2D eigenvalue weighted by atomic mass is 10.1. The fourth-order valence-corrected chi connectivity index (χ4v) is 2.82. The summed E-state index contributed by atoms with van der Waals surface area (Å²) in [5, 5.41) is 18.1. The molecule has 0 radical (unpaired) electrons. The lowest BCUT2D eigenvalue weighted by Gasteiger charge is -2.07. The minimum atomic E-state index is -0.534. The molecule has 138 valence electrons. The fourth-order valence-electron chi connectivity index (χ4n) is 2.59. The summed E-state index contributed by atoms with van der Waals surface area (Å²) in [5.74, 6) is -0.644. The molecule has 0 aliphatic rings. The van der Waals surface area contributed by atoms with Crippen LogP contribution in [0.3, 0.4) is 0 Å². The number of rotatable bonds is 5. The standard InChI is InChI=1S/C18H14ClFN4O3/c1-11-14(3-2-4-16(11)24(26)27)18(25)21-17-7-8-23(22-17)10-12-5-6-13(20)9-15(12)19/h2-9H,10H2,1H3,(H,21,22,25). The van der Waals surface area contributed by atoms with Crippen LogP contribution in [0.2, 0.25) is 5.02 Å². The highest BCUT2D eigenvalue weighted by Gasteiger charge is 2.18. The summed E-state index contributed by atoms with van der Waals surface area (Å²) < 4.78 is 14.6. The third-order valence-electron chi connectivity index (χ3n) is 3.98. The number of halogens is 2. The van der Waals surface area contributed by atoms with Gasteiger partial charge in [0, 0.05) is 34.5 Å². The van der Waals surface area contributed by atoms with E-state index in [1.807, 2.05) is 0 Å². The molecule has 0 saturated carbocycles. The normalized spacial score (nSPS) is 10.6. The molecular weight excluding hydrogens is 375 g/mol. The number of hydrogen-bond donors (Lipinski definition) is 1. The number of anilines is 1. The van der Waals surface area contributed by atoms with Crippen LogP contribution in [0.5, 0.6) is 0 Å². The number of amides is 1. The van der Waals surface area contributed by atoms with Crippen LogP contribution < -0.4 is 5.32 Å². The Morgan fingerprint density at radius 1 is 1.33 bits per heavy atom. The Bertz CT molecular complexity index is 1040. The van der Waals surface area contributed by atoms with Crippen LogP contribution in [0, 0.1) is 22.9 Å². The molecule has 0 saturated heterocycles. The Labute approximate surface area is 158 Å². The lowest BCUT2D eigenvalue weighted by molar-refractivity contribution is -0.385. The Morgan fingerprint density at radius 3 is 2.81 bits per heavy atom. The van der Waals surface area contributed by atoms with Gasteiger partial charge in [0.25, 0.3) is 11.6 Å². The smallest absolute Gasteiger partial charge is 0.273 e. The minimum absolute atomic E-state index is 0.126. The third kappa shape index (κ3) is 4.12. The topological polar surface area (TPSA) is 90.1 Å². The van der Waals surface area contributed by atoms with Gasteiger partial charge in [0.1, 0.15) is 5.82 Å². The van der Waals surface area contributed by atoms with E-state index in [-0.39, 0.29) is 27.7 Å². The van der Waals surface area contributed by atoms with E-state index in [9.17, 15) is 19.3 Å².